The van der Waals surface area contributed by atoms with E-state index in [2.05, 4.69) is 90.1 Å². The summed E-state index contributed by atoms with van der Waals surface area (Å²) in [6.07, 6.45) is 12.8. The maximum Gasteiger partial charge on any atom is 0.163 e. The minimum absolute atomic E-state index is 0.0333. The summed E-state index contributed by atoms with van der Waals surface area (Å²) in [5.41, 5.74) is 9.67. The maximum absolute atomic E-state index is 13.5. The molecule has 2 aliphatic rings. The molecule has 2 aromatic rings. The first-order chi connectivity index (χ1) is 20.1. The van der Waals surface area contributed by atoms with Crippen LogP contribution in [0.2, 0.25) is 0 Å². The SMILES string of the molecule is CCC.CCCC(CC1CC(=O)c2c(ccc(CC3=CC(c4ccc(C)cc4)=CC3)c2C)C1)C(CC)C(=O)CC(C)=O. The summed E-state index contributed by atoms with van der Waals surface area (Å²) >= 11 is 0. The van der Waals surface area contributed by atoms with Crippen LogP contribution >= 0.6 is 0 Å². The number of rotatable bonds is 12. The van der Waals surface area contributed by atoms with Crippen molar-refractivity contribution in [3.05, 3.63) is 87.5 Å². The number of ketones is 3. The van der Waals surface area contributed by atoms with E-state index in [1.807, 2.05) is 0 Å². The van der Waals surface area contributed by atoms with Gasteiger partial charge in [0.1, 0.15) is 11.6 Å². The minimum atomic E-state index is -0.0902. The van der Waals surface area contributed by atoms with Gasteiger partial charge in [-0.15, -0.1) is 0 Å². The Morgan fingerprint density at radius 2 is 1.64 bits per heavy atom. The topological polar surface area (TPSA) is 51.2 Å². The Morgan fingerprint density at radius 3 is 2.26 bits per heavy atom. The van der Waals surface area contributed by atoms with E-state index in [0.29, 0.717) is 6.42 Å². The summed E-state index contributed by atoms with van der Waals surface area (Å²) in [7, 11) is 0. The Labute approximate surface area is 254 Å². The molecule has 3 heteroatoms. The summed E-state index contributed by atoms with van der Waals surface area (Å²) < 4.78 is 0. The second-order valence-electron chi connectivity index (χ2n) is 12.6. The van der Waals surface area contributed by atoms with Crippen molar-refractivity contribution in [3.8, 4) is 0 Å². The first kappa shape index (κ1) is 33.4. The van der Waals surface area contributed by atoms with Crippen LogP contribution in [0.3, 0.4) is 0 Å². The first-order valence-corrected chi connectivity index (χ1v) is 16.2. The molecule has 0 aromatic heterocycles. The molecule has 0 spiro atoms. The van der Waals surface area contributed by atoms with E-state index in [1.54, 1.807) is 0 Å². The zero-order valence-electron chi connectivity index (χ0n) is 27.1. The second kappa shape index (κ2) is 16.0. The Hall–Kier alpha value is -3.07. The lowest BCUT2D eigenvalue weighted by molar-refractivity contribution is -0.129. The van der Waals surface area contributed by atoms with Gasteiger partial charge in [0.15, 0.2) is 5.78 Å². The van der Waals surface area contributed by atoms with Crippen molar-refractivity contribution in [2.24, 2.45) is 17.8 Å². The molecule has 0 saturated carbocycles. The third-order valence-corrected chi connectivity index (χ3v) is 8.81. The van der Waals surface area contributed by atoms with Crippen LogP contribution in [-0.2, 0) is 22.4 Å². The van der Waals surface area contributed by atoms with Crippen LogP contribution in [0.1, 0.15) is 124 Å². The Kier molecular flexibility index (Phi) is 12.7. The number of hydrogen-bond acceptors (Lipinski definition) is 3. The molecular formula is C39H52O3. The molecule has 0 heterocycles. The van der Waals surface area contributed by atoms with E-state index in [-0.39, 0.29) is 41.5 Å². The molecule has 0 saturated heterocycles. The number of Topliss-reactive ketones (excluding diaryl/α,β-unsaturated/α-hetero) is 3. The number of aryl methyl sites for hydroxylation is 1. The van der Waals surface area contributed by atoms with Crippen LogP contribution in [0.5, 0.6) is 0 Å². The van der Waals surface area contributed by atoms with E-state index in [4.69, 9.17) is 0 Å². The zero-order valence-corrected chi connectivity index (χ0v) is 27.1. The molecule has 3 unspecified atom stereocenters. The average Bonchev–Trinajstić information content (AvgIpc) is 3.39. The fourth-order valence-corrected chi connectivity index (χ4v) is 6.85. The van der Waals surface area contributed by atoms with Gasteiger partial charge in [-0.1, -0.05) is 107 Å². The monoisotopic (exact) mass is 568 g/mol. The average molecular weight is 569 g/mol. The van der Waals surface area contributed by atoms with Crippen LogP contribution in [0.4, 0.5) is 0 Å². The predicted molar refractivity (Wildman–Crippen MR) is 176 cm³/mol. The fourth-order valence-electron chi connectivity index (χ4n) is 6.85. The number of hydrogen-bond donors (Lipinski definition) is 0. The number of carbonyl (C=O) groups is 3. The standard InChI is InChI=1S/C36H44O3.C3H8/c1-6-8-31(33(7-2)34(38)17-24(4)37)20-27-21-32-16-15-29(25(5)36(32)35(39)22-27)18-26-11-14-30(19-26)28-12-9-23(3)10-13-28;1-3-2/h9-10,12-16,19,27,31,33H,6-8,11,17-18,20-22H2,1-5H3;3H2,1-2H3. The number of benzene rings is 2. The molecule has 0 N–H and O–H groups in total. The molecule has 0 fully saturated rings. The molecule has 0 bridgehead atoms. The number of fused-ring (bicyclic) bond motifs is 1. The van der Waals surface area contributed by atoms with Gasteiger partial charge in [-0.2, -0.15) is 0 Å². The first-order valence-electron chi connectivity index (χ1n) is 16.2. The van der Waals surface area contributed by atoms with Crippen molar-refractivity contribution in [1.82, 2.24) is 0 Å². The highest BCUT2D eigenvalue weighted by molar-refractivity contribution is 6.00. The maximum atomic E-state index is 13.5. The number of carbonyl (C=O) groups excluding carboxylic acids is 3. The molecule has 4 rings (SSSR count). The van der Waals surface area contributed by atoms with E-state index in [0.717, 1.165) is 61.6 Å². The van der Waals surface area contributed by atoms with E-state index in [9.17, 15) is 14.4 Å². The molecule has 42 heavy (non-hydrogen) atoms. The molecule has 0 radical (unpaired) electrons. The van der Waals surface area contributed by atoms with Crippen molar-refractivity contribution in [1.29, 1.82) is 0 Å². The Morgan fingerprint density at radius 1 is 0.952 bits per heavy atom. The molecule has 3 nitrogen and oxygen atoms in total. The second-order valence-corrected chi connectivity index (χ2v) is 12.6. The Balaban J connectivity index is 0.00000155. The van der Waals surface area contributed by atoms with Crippen LogP contribution < -0.4 is 0 Å². The summed E-state index contributed by atoms with van der Waals surface area (Å²) in [6.45, 7) is 14.2. The molecule has 0 aliphatic heterocycles. The van der Waals surface area contributed by atoms with Gasteiger partial charge in [0.2, 0.25) is 0 Å². The molecule has 226 valence electrons. The molecular weight excluding hydrogens is 516 g/mol. The molecule has 3 atom stereocenters. The van der Waals surface area contributed by atoms with Gasteiger partial charge in [-0.3, -0.25) is 14.4 Å². The quantitative estimate of drug-likeness (QED) is 0.239. The van der Waals surface area contributed by atoms with Crippen LogP contribution in [-0.4, -0.2) is 17.3 Å². The van der Waals surface area contributed by atoms with Crippen LogP contribution in [0.15, 0.2) is 54.1 Å². The molecule has 2 aliphatic carbocycles. The predicted octanol–water partition coefficient (Wildman–Crippen LogP) is 9.80. The van der Waals surface area contributed by atoms with Gasteiger partial charge in [0.25, 0.3) is 0 Å². The van der Waals surface area contributed by atoms with E-state index < -0.39 is 0 Å². The highest BCUT2D eigenvalue weighted by Gasteiger charge is 2.33. The smallest absolute Gasteiger partial charge is 0.163 e. The summed E-state index contributed by atoms with van der Waals surface area (Å²) in [5.74, 6) is 0.663. The van der Waals surface area contributed by atoms with E-state index in [1.165, 1.54) is 41.2 Å². The Bertz CT molecular complexity index is 1310. The van der Waals surface area contributed by atoms with Gasteiger partial charge in [-0.05, 0) is 92.5 Å². The lowest BCUT2D eigenvalue weighted by atomic mass is 9.71. The van der Waals surface area contributed by atoms with Gasteiger partial charge < -0.3 is 0 Å². The highest BCUT2D eigenvalue weighted by atomic mass is 16.1. The van der Waals surface area contributed by atoms with Crippen molar-refractivity contribution in [2.75, 3.05) is 0 Å². The van der Waals surface area contributed by atoms with Crippen LogP contribution in [0, 0.1) is 31.6 Å². The normalized spacial score (nSPS) is 17.4. The number of allylic oxidation sites excluding steroid dienone is 4. The lowest BCUT2D eigenvalue weighted by Crippen LogP contribution is -2.30. The van der Waals surface area contributed by atoms with Crippen molar-refractivity contribution < 1.29 is 14.4 Å². The highest BCUT2D eigenvalue weighted by Crippen LogP contribution is 2.38. The molecule has 0 amide bonds. The summed E-state index contributed by atoms with van der Waals surface area (Å²) in [6, 6.07) is 13.1. The van der Waals surface area contributed by atoms with Crippen molar-refractivity contribution in [3.63, 3.8) is 0 Å². The van der Waals surface area contributed by atoms with Gasteiger partial charge in [-0.25, -0.2) is 0 Å². The molecule has 2 aromatic carbocycles. The lowest BCUT2D eigenvalue weighted by Gasteiger charge is -2.32. The minimum Gasteiger partial charge on any atom is -0.300 e. The van der Waals surface area contributed by atoms with Gasteiger partial charge in [0.05, 0.1) is 6.42 Å². The van der Waals surface area contributed by atoms with Crippen molar-refractivity contribution in [2.45, 2.75) is 113 Å². The zero-order chi connectivity index (χ0) is 30.8. The van der Waals surface area contributed by atoms with Crippen molar-refractivity contribution >= 4 is 22.9 Å². The summed E-state index contributed by atoms with van der Waals surface area (Å²) in [5, 5.41) is 0. The fraction of sp³-hybridized carbons (Fsp3) is 0.513. The van der Waals surface area contributed by atoms with Gasteiger partial charge in [0, 0.05) is 17.9 Å². The largest absolute Gasteiger partial charge is 0.300 e. The summed E-state index contributed by atoms with van der Waals surface area (Å²) in [4.78, 5) is 38.0. The van der Waals surface area contributed by atoms with E-state index >= 15 is 0 Å². The van der Waals surface area contributed by atoms with Crippen LogP contribution in [0.25, 0.3) is 5.57 Å². The third-order valence-electron chi connectivity index (χ3n) is 8.81. The van der Waals surface area contributed by atoms with Gasteiger partial charge >= 0.3 is 0 Å². The third kappa shape index (κ3) is 8.72.